The Morgan fingerprint density at radius 2 is 1.47 bits per heavy atom. The average Bonchev–Trinajstić information content (AvgIpc) is 2.97. The Bertz CT molecular complexity index is 1220. The third-order valence-electron chi connectivity index (χ3n) is 6.72. The Morgan fingerprint density at radius 1 is 0.868 bits per heavy atom. The standard InChI is InChI=1S/C27H32N8O3/c36-35(37)23-13-11-21(12-14-23)20-38-24-10-4-3-9-22(24)19-28-32-25-29-26(33-15-5-1-6-16-33)31-27(30-25)34-17-7-2-8-18-34/h3-4,9-14,19H,1-2,5-8,15-18,20H2,(H,29,30,31,32). The Morgan fingerprint density at radius 3 is 2.08 bits per heavy atom. The number of non-ortho nitro benzene ring substituents is 1. The van der Waals surface area contributed by atoms with Crippen molar-refractivity contribution in [3.8, 4) is 5.75 Å². The summed E-state index contributed by atoms with van der Waals surface area (Å²) in [5, 5.41) is 15.3. The lowest BCUT2D eigenvalue weighted by Gasteiger charge is -2.30. The number of nitrogens with zero attached hydrogens (tertiary/aromatic N) is 7. The molecule has 38 heavy (non-hydrogen) atoms. The maximum Gasteiger partial charge on any atom is 0.269 e. The Balaban J connectivity index is 1.29. The number of para-hydroxylation sites is 1. The molecule has 1 aromatic heterocycles. The Hall–Kier alpha value is -4.28. The van der Waals surface area contributed by atoms with E-state index in [0.717, 1.165) is 63.0 Å². The second-order valence-corrected chi connectivity index (χ2v) is 9.47. The van der Waals surface area contributed by atoms with E-state index in [1.165, 1.54) is 25.0 Å². The number of rotatable bonds is 9. The molecule has 2 aliphatic rings. The van der Waals surface area contributed by atoms with Gasteiger partial charge in [0.25, 0.3) is 5.69 Å². The summed E-state index contributed by atoms with van der Waals surface area (Å²) in [6.07, 6.45) is 8.72. The van der Waals surface area contributed by atoms with Crippen molar-refractivity contribution >= 4 is 29.7 Å². The van der Waals surface area contributed by atoms with Crippen molar-refractivity contribution in [2.45, 2.75) is 45.1 Å². The van der Waals surface area contributed by atoms with Crippen LogP contribution in [0.25, 0.3) is 0 Å². The predicted molar refractivity (Wildman–Crippen MR) is 147 cm³/mol. The first-order valence-electron chi connectivity index (χ1n) is 13.2. The number of hydrazone groups is 1. The molecule has 0 bridgehead atoms. The number of nitro groups is 1. The molecule has 3 aromatic rings. The molecule has 5 rings (SSSR count). The van der Waals surface area contributed by atoms with E-state index in [0.29, 0.717) is 23.6 Å². The molecule has 0 saturated carbocycles. The van der Waals surface area contributed by atoms with Gasteiger partial charge in [-0.1, -0.05) is 12.1 Å². The first kappa shape index (κ1) is 25.4. The maximum absolute atomic E-state index is 10.9. The molecule has 2 saturated heterocycles. The normalized spacial score (nSPS) is 16.0. The molecule has 0 unspecified atom stereocenters. The highest BCUT2D eigenvalue weighted by molar-refractivity contribution is 5.83. The van der Waals surface area contributed by atoms with Crippen molar-refractivity contribution in [2.24, 2.45) is 5.10 Å². The lowest BCUT2D eigenvalue weighted by Crippen LogP contribution is -2.34. The fourth-order valence-corrected chi connectivity index (χ4v) is 4.63. The summed E-state index contributed by atoms with van der Waals surface area (Å²) in [6, 6.07) is 13.9. The van der Waals surface area contributed by atoms with Crippen molar-refractivity contribution in [1.29, 1.82) is 0 Å². The minimum atomic E-state index is -0.416. The van der Waals surface area contributed by atoms with Crippen LogP contribution < -0.4 is 20.0 Å². The summed E-state index contributed by atoms with van der Waals surface area (Å²) in [5.41, 5.74) is 4.67. The minimum absolute atomic E-state index is 0.0533. The molecule has 0 radical (unpaired) electrons. The van der Waals surface area contributed by atoms with Crippen LogP contribution in [0.1, 0.15) is 49.7 Å². The number of aromatic nitrogens is 3. The van der Waals surface area contributed by atoms with E-state index >= 15 is 0 Å². The van der Waals surface area contributed by atoms with E-state index in [2.05, 4.69) is 30.3 Å². The quantitative estimate of drug-likeness (QED) is 0.243. The number of piperidine rings is 2. The largest absolute Gasteiger partial charge is 0.488 e. The fourth-order valence-electron chi connectivity index (χ4n) is 4.63. The van der Waals surface area contributed by atoms with Crippen LogP contribution >= 0.6 is 0 Å². The predicted octanol–water partition coefficient (Wildman–Crippen LogP) is 4.79. The third-order valence-corrected chi connectivity index (χ3v) is 6.72. The molecule has 2 aromatic carbocycles. The number of ether oxygens (including phenoxy) is 1. The van der Waals surface area contributed by atoms with Gasteiger partial charge in [0.05, 0.1) is 11.1 Å². The van der Waals surface area contributed by atoms with Crippen molar-refractivity contribution in [1.82, 2.24) is 15.0 Å². The van der Waals surface area contributed by atoms with Crippen LogP contribution in [0.3, 0.4) is 0 Å². The molecule has 0 atom stereocenters. The molecule has 0 aliphatic carbocycles. The molecular weight excluding hydrogens is 484 g/mol. The molecule has 0 spiro atoms. The third kappa shape index (κ3) is 6.53. The molecule has 198 valence electrons. The number of nitrogens with one attached hydrogen (secondary N) is 1. The van der Waals surface area contributed by atoms with Gasteiger partial charge < -0.3 is 14.5 Å². The number of nitro benzene ring substituents is 1. The first-order chi connectivity index (χ1) is 18.7. The molecule has 0 amide bonds. The number of anilines is 3. The molecule has 11 heteroatoms. The topological polar surface area (TPSA) is 122 Å². The lowest BCUT2D eigenvalue weighted by molar-refractivity contribution is -0.384. The van der Waals surface area contributed by atoms with Gasteiger partial charge in [0.1, 0.15) is 12.4 Å². The number of benzene rings is 2. The zero-order valence-corrected chi connectivity index (χ0v) is 21.3. The van der Waals surface area contributed by atoms with Gasteiger partial charge in [-0.2, -0.15) is 20.1 Å². The Kier molecular flexibility index (Phi) is 8.22. The van der Waals surface area contributed by atoms with Gasteiger partial charge in [-0.25, -0.2) is 5.43 Å². The van der Waals surface area contributed by atoms with Crippen molar-refractivity contribution < 1.29 is 9.66 Å². The summed E-state index contributed by atoms with van der Waals surface area (Å²) in [7, 11) is 0. The van der Waals surface area contributed by atoms with E-state index in [1.54, 1.807) is 18.3 Å². The highest BCUT2D eigenvalue weighted by Gasteiger charge is 2.20. The van der Waals surface area contributed by atoms with Gasteiger partial charge in [0, 0.05) is 43.9 Å². The van der Waals surface area contributed by atoms with E-state index < -0.39 is 4.92 Å². The molecule has 11 nitrogen and oxygen atoms in total. The molecule has 2 aliphatic heterocycles. The summed E-state index contributed by atoms with van der Waals surface area (Å²) in [4.78, 5) is 29.1. The second-order valence-electron chi connectivity index (χ2n) is 9.47. The van der Waals surface area contributed by atoms with Gasteiger partial charge in [-0.3, -0.25) is 10.1 Å². The van der Waals surface area contributed by atoms with E-state index in [9.17, 15) is 10.1 Å². The smallest absolute Gasteiger partial charge is 0.269 e. The highest BCUT2D eigenvalue weighted by atomic mass is 16.6. The van der Waals surface area contributed by atoms with Gasteiger partial charge >= 0.3 is 0 Å². The van der Waals surface area contributed by atoms with Crippen LogP contribution in [0.2, 0.25) is 0 Å². The van der Waals surface area contributed by atoms with Crippen molar-refractivity contribution in [3.63, 3.8) is 0 Å². The van der Waals surface area contributed by atoms with Crippen LogP contribution in [0.4, 0.5) is 23.5 Å². The van der Waals surface area contributed by atoms with E-state index in [-0.39, 0.29) is 12.3 Å². The molecule has 3 heterocycles. The zero-order valence-electron chi connectivity index (χ0n) is 21.3. The monoisotopic (exact) mass is 516 g/mol. The van der Waals surface area contributed by atoms with Gasteiger partial charge in [-0.05, 0) is 68.4 Å². The Labute approximate surface area is 221 Å². The SMILES string of the molecule is O=[N+]([O-])c1ccc(COc2ccccc2C=NNc2nc(N3CCCCC3)nc(N3CCCCC3)n2)cc1. The highest BCUT2D eigenvalue weighted by Crippen LogP contribution is 2.23. The fraction of sp³-hybridized carbons (Fsp3) is 0.407. The van der Waals surface area contributed by atoms with Crippen LogP contribution in [-0.4, -0.2) is 52.3 Å². The second kappa shape index (κ2) is 12.3. The van der Waals surface area contributed by atoms with E-state index in [1.807, 2.05) is 24.3 Å². The number of hydrogen-bond acceptors (Lipinski definition) is 10. The summed E-state index contributed by atoms with van der Waals surface area (Å²) in [6.45, 7) is 4.08. The molecular formula is C27H32N8O3. The summed E-state index contributed by atoms with van der Waals surface area (Å²) < 4.78 is 5.98. The average molecular weight is 517 g/mol. The molecule has 1 N–H and O–H groups in total. The molecule has 2 fully saturated rings. The zero-order chi connectivity index (χ0) is 26.2. The van der Waals surface area contributed by atoms with Gasteiger partial charge in [-0.15, -0.1) is 0 Å². The minimum Gasteiger partial charge on any atom is -0.488 e. The van der Waals surface area contributed by atoms with Crippen LogP contribution in [-0.2, 0) is 6.61 Å². The van der Waals surface area contributed by atoms with Gasteiger partial charge in [0.2, 0.25) is 17.8 Å². The van der Waals surface area contributed by atoms with E-state index in [4.69, 9.17) is 9.72 Å². The maximum atomic E-state index is 10.9. The van der Waals surface area contributed by atoms with Crippen molar-refractivity contribution in [2.75, 3.05) is 41.4 Å². The summed E-state index contributed by atoms with van der Waals surface area (Å²) in [5.74, 6) is 2.46. The van der Waals surface area contributed by atoms with Crippen LogP contribution in [0.5, 0.6) is 5.75 Å². The summed E-state index contributed by atoms with van der Waals surface area (Å²) >= 11 is 0. The van der Waals surface area contributed by atoms with Crippen molar-refractivity contribution in [3.05, 3.63) is 69.8 Å². The first-order valence-corrected chi connectivity index (χ1v) is 13.2. The lowest BCUT2D eigenvalue weighted by atomic mass is 10.1. The van der Waals surface area contributed by atoms with Crippen LogP contribution in [0, 0.1) is 10.1 Å². The van der Waals surface area contributed by atoms with Crippen LogP contribution in [0.15, 0.2) is 53.6 Å². The van der Waals surface area contributed by atoms with Gasteiger partial charge in [0.15, 0.2) is 0 Å². The number of hydrogen-bond donors (Lipinski definition) is 1.